The van der Waals surface area contributed by atoms with Gasteiger partial charge in [0.25, 0.3) is 5.91 Å². The van der Waals surface area contributed by atoms with Gasteiger partial charge in [-0.05, 0) is 25.5 Å². The number of aromatic nitrogens is 2. The van der Waals surface area contributed by atoms with Gasteiger partial charge in [-0.15, -0.1) is 0 Å². The summed E-state index contributed by atoms with van der Waals surface area (Å²) in [4.78, 5) is 28.6. The lowest BCUT2D eigenvalue weighted by molar-refractivity contribution is -0.133. The number of hydrogen-bond acceptors (Lipinski definition) is 4. The van der Waals surface area contributed by atoms with Crippen molar-refractivity contribution in [1.82, 2.24) is 24.9 Å². The maximum atomic E-state index is 12.9. The average Bonchev–Trinajstić information content (AvgIpc) is 3.21. The van der Waals surface area contributed by atoms with Crippen LogP contribution in [0.15, 0.2) is 42.7 Å². The van der Waals surface area contributed by atoms with Crippen LogP contribution in [0.2, 0.25) is 0 Å². The molecule has 148 valence electrons. The molecule has 0 radical (unpaired) electrons. The van der Waals surface area contributed by atoms with E-state index in [-0.39, 0.29) is 18.6 Å². The van der Waals surface area contributed by atoms with E-state index >= 15 is 0 Å². The third-order valence-corrected chi connectivity index (χ3v) is 5.66. The van der Waals surface area contributed by atoms with Crippen molar-refractivity contribution in [2.75, 3.05) is 13.7 Å². The molecule has 1 aliphatic heterocycles. The van der Waals surface area contributed by atoms with Crippen LogP contribution in [-0.4, -0.2) is 50.8 Å². The Kier molecular flexibility index (Phi) is 5.17. The van der Waals surface area contributed by atoms with E-state index in [9.17, 15) is 9.59 Å². The number of urea groups is 1. The Morgan fingerprint density at radius 2 is 1.86 bits per heavy atom. The topological polar surface area (TPSA) is 70.5 Å². The molecule has 1 aliphatic carbocycles. The maximum Gasteiger partial charge on any atom is 0.326 e. The van der Waals surface area contributed by atoms with Gasteiger partial charge in [0.2, 0.25) is 0 Å². The highest BCUT2D eigenvalue weighted by atomic mass is 16.2. The average molecular weight is 381 g/mol. The van der Waals surface area contributed by atoms with Gasteiger partial charge in [0.1, 0.15) is 5.54 Å². The first-order valence-corrected chi connectivity index (χ1v) is 9.94. The third kappa shape index (κ3) is 3.80. The molecule has 28 heavy (non-hydrogen) atoms. The molecule has 4 rings (SSSR count). The van der Waals surface area contributed by atoms with Crippen molar-refractivity contribution < 1.29 is 9.59 Å². The monoisotopic (exact) mass is 381 g/mol. The van der Waals surface area contributed by atoms with Gasteiger partial charge in [-0.2, -0.15) is 5.10 Å². The second-order valence-electron chi connectivity index (χ2n) is 7.99. The molecule has 2 aliphatic rings. The Bertz CT molecular complexity index is 841. The Balaban J connectivity index is 1.35. The number of carbonyl (C=O) groups is 2. The minimum Gasteiger partial charge on any atom is -0.323 e. The molecule has 7 nitrogen and oxygen atoms in total. The number of nitrogens with one attached hydrogen (secondary N) is 1. The highest BCUT2D eigenvalue weighted by molar-refractivity contribution is 6.07. The summed E-state index contributed by atoms with van der Waals surface area (Å²) < 4.78 is 1.91. The standard InChI is InChI=1S/C21H27N5O2/c1-24(13-18-12-22-25(15-18)14-17-8-4-2-5-9-17)16-26-19(27)21(23-20(26)28)10-6-3-7-11-21/h2,4-5,8-9,12,15H,3,6-7,10-11,13-14,16H2,1H3,(H,23,28). The van der Waals surface area contributed by atoms with Crippen LogP contribution in [0.3, 0.4) is 0 Å². The quantitative estimate of drug-likeness (QED) is 0.781. The summed E-state index contributed by atoms with van der Waals surface area (Å²) in [5, 5.41) is 7.39. The van der Waals surface area contributed by atoms with Crippen LogP contribution >= 0.6 is 0 Å². The van der Waals surface area contributed by atoms with Crippen molar-refractivity contribution in [1.29, 1.82) is 0 Å². The predicted molar refractivity (Wildman–Crippen MR) is 105 cm³/mol. The molecule has 1 aromatic carbocycles. The Hall–Kier alpha value is -2.67. The largest absolute Gasteiger partial charge is 0.326 e. The van der Waals surface area contributed by atoms with Gasteiger partial charge in [0.05, 0.1) is 19.4 Å². The van der Waals surface area contributed by atoms with Gasteiger partial charge in [-0.1, -0.05) is 49.6 Å². The second-order valence-corrected chi connectivity index (χ2v) is 7.99. The fraction of sp³-hybridized carbons (Fsp3) is 0.476. The molecule has 1 saturated carbocycles. The van der Waals surface area contributed by atoms with Crippen molar-refractivity contribution in [3.63, 3.8) is 0 Å². The van der Waals surface area contributed by atoms with Crippen LogP contribution in [0.1, 0.15) is 43.2 Å². The van der Waals surface area contributed by atoms with E-state index in [1.807, 2.05) is 47.2 Å². The lowest BCUT2D eigenvalue weighted by atomic mass is 9.82. The van der Waals surface area contributed by atoms with Gasteiger partial charge in [-0.25, -0.2) is 9.69 Å². The van der Waals surface area contributed by atoms with Crippen LogP contribution in [0.4, 0.5) is 4.79 Å². The molecule has 7 heteroatoms. The number of benzene rings is 1. The minimum atomic E-state index is -0.656. The van der Waals surface area contributed by atoms with Gasteiger partial charge in [0, 0.05) is 18.3 Å². The van der Waals surface area contributed by atoms with E-state index in [0.717, 1.165) is 44.2 Å². The molecular weight excluding hydrogens is 354 g/mol. The van der Waals surface area contributed by atoms with E-state index in [1.165, 1.54) is 10.5 Å². The Morgan fingerprint density at radius 1 is 1.11 bits per heavy atom. The summed E-state index contributed by atoms with van der Waals surface area (Å²) in [5.74, 6) is -0.0659. The Labute approximate surface area is 165 Å². The van der Waals surface area contributed by atoms with Gasteiger partial charge < -0.3 is 5.32 Å². The normalized spacial score (nSPS) is 18.9. The highest BCUT2D eigenvalue weighted by Crippen LogP contribution is 2.33. The maximum absolute atomic E-state index is 12.9. The van der Waals surface area contributed by atoms with Crippen molar-refractivity contribution in [2.24, 2.45) is 0 Å². The first kappa shape index (κ1) is 18.7. The van der Waals surface area contributed by atoms with E-state index < -0.39 is 5.54 Å². The number of nitrogens with zero attached hydrogens (tertiary/aromatic N) is 4. The molecule has 2 heterocycles. The fourth-order valence-corrected chi connectivity index (χ4v) is 4.25. The third-order valence-electron chi connectivity index (χ3n) is 5.66. The van der Waals surface area contributed by atoms with Gasteiger partial charge in [-0.3, -0.25) is 14.4 Å². The number of carbonyl (C=O) groups excluding carboxylic acids is 2. The first-order chi connectivity index (χ1) is 13.6. The second kappa shape index (κ2) is 7.75. The van der Waals surface area contributed by atoms with Crippen LogP contribution in [0, 0.1) is 0 Å². The van der Waals surface area contributed by atoms with E-state index in [2.05, 4.69) is 22.5 Å². The zero-order valence-corrected chi connectivity index (χ0v) is 16.3. The molecule has 1 N–H and O–H groups in total. The van der Waals surface area contributed by atoms with E-state index in [4.69, 9.17) is 0 Å². The van der Waals surface area contributed by atoms with Crippen molar-refractivity contribution in [2.45, 2.75) is 50.7 Å². The van der Waals surface area contributed by atoms with Gasteiger partial charge in [0.15, 0.2) is 0 Å². The molecule has 1 aromatic heterocycles. The summed E-state index contributed by atoms with van der Waals surface area (Å²) in [6.07, 6.45) is 8.49. The van der Waals surface area contributed by atoms with Crippen molar-refractivity contribution >= 4 is 11.9 Å². The SMILES string of the molecule is CN(Cc1cnn(Cc2ccccc2)c1)CN1C(=O)NC2(CCCCC2)C1=O. The molecule has 0 unspecified atom stereocenters. The number of amides is 3. The molecule has 2 fully saturated rings. The van der Waals surface area contributed by atoms with Crippen molar-refractivity contribution in [3.8, 4) is 0 Å². The van der Waals surface area contributed by atoms with Crippen LogP contribution in [0.5, 0.6) is 0 Å². The first-order valence-electron chi connectivity index (χ1n) is 9.94. The van der Waals surface area contributed by atoms with Crippen molar-refractivity contribution in [3.05, 3.63) is 53.9 Å². The molecule has 0 bridgehead atoms. The summed E-state index contributed by atoms with van der Waals surface area (Å²) in [7, 11) is 1.92. The van der Waals surface area contributed by atoms with E-state index in [0.29, 0.717) is 6.54 Å². The number of imide groups is 1. The summed E-state index contributed by atoms with van der Waals surface area (Å²) in [6.45, 7) is 1.63. The molecule has 2 aromatic rings. The fourth-order valence-electron chi connectivity index (χ4n) is 4.25. The highest BCUT2D eigenvalue weighted by Gasteiger charge is 2.51. The van der Waals surface area contributed by atoms with Crippen LogP contribution < -0.4 is 5.32 Å². The van der Waals surface area contributed by atoms with Crippen LogP contribution in [-0.2, 0) is 17.9 Å². The lowest BCUT2D eigenvalue weighted by Crippen LogP contribution is -2.48. The number of hydrogen-bond donors (Lipinski definition) is 1. The molecular formula is C21H27N5O2. The summed E-state index contributed by atoms with van der Waals surface area (Å²) in [6, 6.07) is 9.92. The smallest absolute Gasteiger partial charge is 0.323 e. The predicted octanol–water partition coefficient (Wildman–Crippen LogP) is 2.58. The molecule has 0 atom stereocenters. The zero-order chi connectivity index (χ0) is 19.6. The lowest BCUT2D eigenvalue weighted by Gasteiger charge is -2.30. The van der Waals surface area contributed by atoms with Gasteiger partial charge >= 0.3 is 6.03 Å². The minimum absolute atomic E-state index is 0.0659. The molecule has 3 amide bonds. The number of rotatable bonds is 6. The Morgan fingerprint density at radius 3 is 2.61 bits per heavy atom. The summed E-state index contributed by atoms with van der Waals surface area (Å²) >= 11 is 0. The van der Waals surface area contributed by atoms with Crippen LogP contribution in [0.25, 0.3) is 0 Å². The molecule has 1 saturated heterocycles. The zero-order valence-electron chi connectivity index (χ0n) is 16.3. The van der Waals surface area contributed by atoms with E-state index in [1.54, 1.807) is 0 Å². The molecule has 1 spiro atoms. The summed E-state index contributed by atoms with van der Waals surface area (Å²) in [5.41, 5.74) is 1.59.